The maximum atomic E-state index is 11.2. The minimum atomic E-state index is -1.11. The van der Waals surface area contributed by atoms with Crippen molar-refractivity contribution in [3.05, 3.63) is 65.6 Å². The number of carboxylic acid groups (broad SMARTS) is 1. The summed E-state index contributed by atoms with van der Waals surface area (Å²) < 4.78 is 0. The summed E-state index contributed by atoms with van der Waals surface area (Å²) >= 11 is 0. The molecule has 3 heterocycles. The highest BCUT2D eigenvalue weighted by atomic mass is 16.4. The number of carbonyl (C=O) groups is 1. The van der Waals surface area contributed by atoms with E-state index in [1.807, 2.05) is 50.2 Å². The Labute approximate surface area is 194 Å². The Morgan fingerprint density at radius 1 is 1.00 bits per heavy atom. The lowest BCUT2D eigenvalue weighted by molar-refractivity contribution is -0.144. The summed E-state index contributed by atoms with van der Waals surface area (Å²) in [7, 11) is 0. The van der Waals surface area contributed by atoms with Gasteiger partial charge in [-0.25, -0.2) is 9.97 Å². The summed E-state index contributed by atoms with van der Waals surface area (Å²) in [6, 6.07) is 11.6. The minimum Gasteiger partial charge on any atom is -0.481 e. The molecule has 3 N–H and O–H groups in total. The van der Waals surface area contributed by atoms with Crippen LogP contribution in [0.25, 0.3) is 11.3 Å². The molecule has 3 aromatic rings. The van der Waals surface area contributed by atoms with Gasteiger partial charge in [-0.15, -0.1) is 0 Å². The maximum Gasteiger partial charge on any atom is 0.306 e. The predicted molar refractivity (Wildman–Crippen MR) is 127 cm³/mol. The molecule has 4 rings (SSSR count). The molecule has 1 unspecified atom stereocenters. The van der Waals surface area contributed by atoms with Gasteiger partial charge in [0.2, 0.25) is 0 Å². The average Bonchev–Trinajstić information content (AvgIpc) is 2.79. The lowest BCUT2D eigenvalue weighted by atomic mass is 9.73. The van der Waals surface area contributed by atoms with E-state index in [0.29, 0.717) is 37.2 Å². The van der Waals surface area contributed by atoms with Gasteiger partial charge in [0.15, 0.2) is 0 Å². The number of aliphatic hydroxyl groups is 1. The lowest BCUT2D eigenvalue weighted by Crippen LogP contribution is -2.36. The van der Waals surface area contributed by atoms with Gasteiger partial charge in [-0.3, -0.25) is 9.78 Å². The molecule has 0 spiro atoms. The minimum absolute atomic E-state index is 0.0128. The predicted octanol–water partition coefficient (Wildman–Crippen LogP) is 5.00. The lowest BCUT2D eigenvalue weighted by Gasteiger charge is -2.36. The zero-order valence-electron chi connectivity index (χ0n) is 19.2. The number of rotatable bonds is 6. The normalized spacial score (nSPS) is 20.1. The van der Waals surface area contributed by atoms with Gasteiger partial charge in [-0.1, -0.05) is 0 Å². The second kappa shape index (κ2) is 9.27. The van der Waals surface area contributed by atoms with E-state index >= 15 is 0 Å². The van der Waals surface area contributed by atoms with Crippen LogP contribution < -0.4 is 5.32 Å². The highest BCUT2D eigenvalue weighted by molar-refractivity contribution is 5.70. The summed E-state index contributed by atoms with van der Waals surface area (Å²) in [5, 5.41) is 23.7. The van der Waals surface area contributed by atoms with Crippen LogP contribution in [0, 0.1) is 25.7 Å². The number of aromatic nitrogens is 3. The van der Waals surface area contributed by atoms with Crippen molar-refractivity contribution in [3.63, 3.8) is 0 Å². The molecule has 7 nitrogen and oxygen atoms in total. The van der Waals surface area contributed by atoms with Gasteiger partial charge in [0.25, 0.3) is 0 Å². The zero-order chi connectivity index (χ0) is 23.6. The van der Waals surface area contributed by atoms with E-state index < -0.39 is 11.6 Å². The standard InChI is InChI=1S/C26H30N4O3/c1-16-10-11-27-23(13-16)30-24-14-17(2)12-21(29-24)19-6-9-22(28-15-19)26(3,33)20-7-4-18(5-8-20)25(31)32/h6,9-15,18,20,33H,4-5,7-8H2,1-3H3,(H,31,32)(H,27,29,30)/t18-,20-,26?. The quantitative estimate of drug-likeness (QED) is 0.489. The van der Waals surface area contributed by atoms with Gasteiger partial charge in [0, 0.05) is 18.0 Å². The summed E-state index contributed by atoms with van der Waals surface area (Å²) in [5.41, 5.74) is 3.30. The van der Waals surface area contributed by atoms with Gasteiger partial charge in [-0.05, 0) is 99.9 Å². The second-order valence-corrected chi connectivity index (χ2v) is 9.22. The third kappa shape index (κ3) is 5.20. The summed E-state index contributed by atoms with van der Waals surface area (Å²) in [6.45, 7) is 5.81. The molecule has 0 aromatic carbocycles. The van der Waals surface area contributed by atoms with Gasteiger partial charge in [-0.2, -0.15) is 0 Å². The van der Waals surface area contributed by atoms with Crippen LogP contribution in [0.15, 0.2) is 48.8 Å². The molecule has 0 bridgehead atoms. The van der Waals surface area contributed by atoms with Crippen molar-refractivity contribution in [1.82, 2.24) is 15.0 Å². The van der Waals surface area contributed by atoms with E-state index in [0.717, 1.165) is 28.2 Å². The van der Waals surface area contributed by atoms with E-state index in [1.54, 1.807) is 19.3 Å². The van der Waals surface area contributed by atoms with Crippen molar-refractivity contribution in [3.8, 4) is 11.3 Å². The Morgan fingerprint density at radius 3 is 2.36 bits per heavy atom. The third-order valence-electron chi connectivity index (χ3n) is 6.59. The number of nitrogens with one attached hydrogen (secondary N) is 1. The van der Waals surface area contributed by atoms with Crippen molar-refractivity contribution >= 4 is 17.6 Å². The molecule has 0 radical (unpaired) electrons. The van der Waals surface area contributed by atoms with Crippen LogP contribution in [0.1, 0.15) is 49.4 Å². The maximum absolute atomic E-state index is 11.2. The number of hydrogen-bond donors (Lipinski definition) is 3. The number of hydrogen-bond acceptors (Lipinski definition) is 6. The fraction of sp³-hybridized carbons (Fsp3) is 0.385. The van der Waals surface area contributed by atoms with Crippen LogP contribution >= 0.6 is 0 Å². The summed E-state index contributed by atoms with van der Waals surface area (Å²) in [4.78, 5) is 24.9. The first-order valence-corrected chi connectivity index (χ1v) is 11.3. The van der Waals surface area contributed by atoms with Crippen molar-refractivity contribution < 1.29 is 15.0 Å². The molecule has 172 valence electrons. The molecule has 1 aliphatic carbocycles. The van der Waals surface area contributed by atoms with E-state index in [1.165, 1.54) is 0 Å². The molecular weight excluding hydrogens is 416 g/mol. The number of aryl methyl sites for hydroxylation is 2. The van der Waals surface area contributed by atoms with Crippen LogP contribution in [0.2, 0.25) is 0 Å². The van der Waals surface area contributed by atoms with Gasteiger partial charge < -0.3 is 15.5 Å². The fourth-order valence-corrected chi connectivity index (χ4v) is 4.57. The summed E-state index contributed by atoms with van der Waals surface area (Å²) in [6.07, 6.45) is 6.03. The topological polar surface area (TPSA) is 108 Å². The molecule has 1 atom stereocenters. The first-order chi connectivity index (χ1) is 15.7. The molecule has 3 aromatic heterocycles. The van der Waals surface area contributed by atoms with Gasteiger partial charge in [0.1, 0.15) is 17.2 Å². The molecule has 1 saturated carbocycles. The Kier molecular flexibility index (Phi) is 6.42. The smallest absolute Gasteiger partial charge is 0.306 e. The number of nitrogens with zero attached hydrogens (tertiary/aromatic N) is 3. The molecular formula is C26H30N4O3. The molecule has 7 heteroatoms. The molecule has 0 amide bonds. The van der Waals surface area contributed by atoms with Crippen LogP contribution in [0.4, 0.5) is 11.6 Å². The van der Waals surface area contributed by atoms with E-state index in [9.17, 15) is 15.0 Å². The number of pyridine rings is 3. The molecule has 1 aliphatic rings. The SMILES string of the molecule is Cc1ccnc(Nc2cc(C)cc(-c3ccc(C(C)(O)[C@H]4CC[C@H](C(=O)O)CC4)nc3)n2)c1. The van der Waals surface area contributed by atoms with Crippen molar-refractivity contribution in [2.24, 2.45) is 11.8 Å². The Hall–Kier alpha value is -3.32. The van der Waals surface area contributed by atoms with Gasteiger partial charge in [0.05, 0.1) is 17.3 Å². The zero-order valence-corrected chi connectivity index (χ0v) is 19.2. The first kappa shape index (κ1) is 22.9. The van der Waals surface area contributed by atoms with Gasteiger partial charge >= 0.3 is 5.97 Å². The van der Waals surface area contributed by atoms with Crippen LogP contribution in [0.5, 0.6) is 0 Å². The highest BCUT2D eigenvalue weighted by Gasteiger charge is 2.38. The number of aliphatic carboxylic acids is 1. The van der Waals surface area contributed by atoms with Crippen LogP contribution in [0.3, 0.4) is 0 Å². The molecule has 33 heavy (non-hydrogen) atoms. The largest absolute Gasteiger partial charge is 0.481 e. The van der Waals surface area contributed by atoms with E-state index in [-0.39, 0.29) is 11.8 Å². The number of carboxylic acids is 1. The molecule has 0 saturated heterocycles. The Bertz CT molecular complexity index is 1140. The Morgan fingerprint density at radius 2 is 1.73 bits per heavy atom. The highest BCUT2D eigenvalue weighted by Crippen LogP contribution is 2.40. The molecule has 1 fully saturated rings. The average molecular weight is 447 g/mol. The first-order valence-electron chi connectivity index (χ1n) is 11.3. The Balaban J connectivity index is 1.52. The third-order valence-corrected chi connectivity index (χ3v) is 6.59. The number of anilines is 2. The summed E-state index contributed by atoms with van der Waals surface area (Å²) in [5.74, 6) is 0.377. The van der Waals surface area contributed by atoms with Crippen molar-refractivity contribution in [1.29, 1.82) is 0 Å². The molecule has 0 aliphatic heterocycles. The van der Waals surface area contributed by atoms with E-state index in [4.69, 9.17) is 4.98 Å². The van der Waals surface area contributed by atoms with E-state index in [2.05, 4.69) is 15.3 Å². The second-order valence-electron chi connectivity index (χ2n) is 9.22. The van der Waals surface area contributed by atoms with Crippen molar-refractivity contribution in [2.45, 2.75) is 52.1 Å². The monoisotopic (exact) mass is 446 g/mol. The van der Waals surface area contributed by atoms with Crippen molar-refractivity contribution in [2.75, 3.05) is 5.32 Å². The van der Waals surface area contributed by atoms with Crippen LogP contribution in [-0.2, 0) is 10.4 Å². The van der Waals surface area contributed by atoms with Crippen LogP contribution in [-0.4, -0.2) is 31.1 Å². The fourth-order valence-electron chi connectivity index (χ4n) is 4.57.